The van der Waals surface area contributed by atoms with Gasteiger partial charge in [-0.3, -0.25) is 4.79 Å². The van der Waals surface area contributed by atoms with Gasteiger partial charge in [-0.15, -0.1) is 0 Å². The average molecular weight is 324 g/mol. The molecule has 1 aromatic carbocycles. The van der Waals surface area contributed by atoms with Crippen molar-refractivity contribution in [1.82, 2.24) is 5.32 Å². The van der Waals surface area contributed by atoms with Crippen molar-refractivity contribution < 1.29 is 4.79 Å². The first kappa shape index (κ1) is 14.6. The van der Waals surface area contributed by atoms with E-state index in [9.17, 15) is 4.79 Å². The third-order valence-electron chi connectivity index (χ3n) is 4.19. The van der Waals surface area contributed by atoms with Crippen LogP contribution in [0, 0.1) is 18.8 Å². The van der Waals surface area contributed by atoms with E-state index >= 15 is 0 Å². The molecule has 104 valence electrons. The number of halogens is 1. The molecular weight excluding hydrogens is 302 g/mol. The Balaban J connectivity index is 1.80. The van der Waals surface area contributed by atoms with Gasteiger partial charge in [0.05, 0.1) is 6.42 Å². The summed E-state index contributed by atoms with van der Waals surface area (Å²) in [6.07, 6.45) is 4.34. The predicted octanol–water partition coefficient (Wildman–Crippen LogP) is 3.46. The van der Waals surface area contributed by atoms with Crippen LogP contribution < -0.4 is 5.32 Å². The van der Waals surface area contributed by atoms with Gasteiger partial charge in [0.25, 0.3) is 0 Å². The first-order valence-electron chi connectivity index (χ1n) is 7.08. The number of hydrogen-bond acceptors (Lipinski definition) is 1. The Bertz CT molecular complexity index is 433. The zero-order chi connectivity index (χ0) is 13.7. The van der Waals surface area contributed by atoms with Crippen LogP contribution in [0.2, 0.25) is 0 Å². The molecule has 1 aliphatic rings. The molecule has 2 rings (SSSR count). The second-order valence-corrected chi connectivity index (χ2v) is 6.16. The number of amides is 1. The van der Waals surface area contributed by atoms with Crippen molar-refractivity contribution in [3.05, 3.63) is 35.4 Å². The Kier molecular flexibility index (Phi) is 5.44. The van der Waals surface area contributed by atoms with Gasteiger partial charge in [-0.05, 0) is 42.7 Å². The number of nitrogens with one attached hydrogen (secondary N) is 1. The van der Waals surface area contributed by atoms with Crippen molar-refractivity contribution in [2.24, 2.45) is 11.8 Å². The lowest BCUT2D eigenvalue weighted by Gasteiger charge is -2.18. The molecule has 1 aromatic rings. The largest absolute Gasteiger partial charge is 0.356 e. The molecule has 1 fully saturated rings. The maximum atomic E-state index is 12.0. The topological polar surface area (TPSA) is 29.1 Å². The molecule has 0 spiro atoms. The number of benzene rings is 1. The highest BCUT2D eigenvalue weighted by atomic mass is 79.9. The third kappa shape index (κ3) is 4.07. The van der Waals surface area contributed by atoms with E-state index in [-0.39, 0.29) is 5.91 Å². The number of rotatable bonds is 5. The summed E-state index contributed by atoms with van der Waals surface area (Å²) in [4.78, 5) is 12.0. The molecule has 2 atom stereocenters. The molecular formula is C16H22BrNO. The van der Waals surface area contributed by atoms with Gasteiger partial charge < -0.3 is 5.32 Å². The lowest BCUT2D eigenvalue weighted by Crippen LogP contribution is -2.32. The fourth-order valence-corrected chi connectivity index (χ4v) is 3.73. The highest BCUT2D eigenvalue weighted by molar-refractivity contribution is 9.09. The maximum absolute atomic E-state index is 12.0. The van der Waals surface area contributed by atoms with Crippen molar-refractivity contribution in [3.8, 4) is 0 Å². The van der Waals surface area contributed by atoms with Gasteiger partial charge in [-0.2, -0.15) is 0 Å². The molecule has 2 unspecified atom stereocenters. The lowest BCUT2D eigenvalue weighted by atomic mass is 9.98. The number of carbonyl (C=O) groups excluding carboxylic acids is 1. The number of carbonyl (C=O) groups is 1. The van der Waals surface area contributed by atoms with E-state index in [0.29, 0.717) is 12.3 Å². The standard InChI is InChI=1S/C16H22BrNO/c1-12-5-2-3-6-13(12)9-16(19)18-11-15-8-4-7-14(15)10-17/h2-3,5-6,14-15H,4,7-11H2,1H3,(H,18,19). The summed E-state index contributed by atoms with van der Waals surface area (Å²) in [6, 6.07) is 8.09. The average Bonchev–Trinajstić information content (AvgIpc) is 2.86. The Morgan fingerprint density at radius 2 is 2.05 bits per heavy atom. The Morgan fingerprint density at radius 1 is 1.32 bits per heavy atom. The zero-order valence-electron chi connectivity index (χ0n) is 11.5. The maximum Gasteiger partial charge on any atom is 0.224 e. The Morgan fingerprint density at radius 3 is 2.79 bits per heavy atom. The first-order chi connectivity index (χ1) is 9.20. The summed E-state index contributed by atoms with van der Waals surface area (Å²) >= 11 is 3.57. The van der Waals surface area contributed by atoms with Crippen LogP contribution in [0.25, 0.3) is 0 Å². The minimum atomic E-state index is 0.148. The van der Waals surface area contributed by atoms with Crippen molar-refractivity contribution >= 4 is 21.8 Å². The number of aryl methyl sites for hydroxylation is 1. The van der Waals surface area contributed by atoms with E-state index in [4.69, 9.17) is 0 Å². The molecule has 0 aliphatic heterocycles. The van der Waals surface area contributed by atoms with Crippen molar-refractivity contribution in [1.29, 1.82) is 0 Å². The van der Waals surface area contributed by atoms with Gasteiger partial charge in [-0.25, -0.2) is 0 Å². The first-order valence-corrected chi connectivity index (χ1v) is 8.20. The fourth-order valence-electron chi connectivity index (χ4n) is 2.87. The number of alkyl halides is 1. The van der Waals surface area contributed by atoms with Gasteiger partial charge in [-0.1, -0.05) is 46.6 Å². The van der Waals surface area contributed by atoms with E-state index in [1.165, 1.54) is 24.8 Å². The van der Waals surface area contributed by atoms with Crippen molar-refractivity contribution in [2.45, 2.75) is 32.6 Å². The Labute approximate surface area is 124 Å². The van der Waals surface area contributed by atoms with Gasteiger partial charge >= 0.3 is 0 Å². The molecule has 3 heteroatoms. The molecule has 1 aliphatic carbocycles. The zero-order valence-corrected chi connectivity index (χ0v) is 13.1. The fraction of sp³-hybridized carbons (Fsp3) is 0.562. The molecule has 0 aromatic heterocycles. The molecule has 0 radical (unpaired) electrons. The van der Waals surface area contributed by atoms with Crippen LogP contribution in [0.4, 0.5) is 0 Å². The van der Waals surface area contributed by atoms with Crippen LogP contribution in [0.1, 0.15) is 30.4 Å². The van der Waals surface area contributed by atoms with E-state index in [1.807, 2.05) is 18.2 Å². The van der Waals surface area contributed by atoms with Crippen molar-refractivity contribution in [3.63, 3.8) is 0 Å². The summed E-state index contributed by atoms with van der Waals surface area (Å²) < 4.78 is 0. The Hall–Kier alpha value is -0.830. The molecule has 0 saturated heterocycles. The summed E-state index contributed by atoms with van der Waals surface area (Å²) in [5, 5.41) is 4.17. The third-order valence-corrected chi connectivity index (χ3v) is 5.02. The highest BCUT2D eigenvalue weighted by Gasteiger charge is 2.26. The van der Waals surface area contributed by atoms with Gasteiger partial charge in [0.2, 0.25) is 5.91 Å². The van der Waals surface area contributed by atoms with E-state index in [0.717, 1.165) is 23.4 Å². The minimum absolute atomic E-state index is 0.148. The highest BCUT2D eigenvalue weighted by Crippen LogP contribution is 2.32. The van der Waals surface area contributed by atoms with E-state index < -0.39 is 0 Å². The summed E-state index contributed by atoms with van der Waals surface area (Å²) in [5.41, 5.74) is 2.32. The van der Waals surface area contributed by atoms with Crippen LogP contribution in [0.5, 0.6) is 0 Å². The lowest BCUT2D eigenvalue weighted by molar-refractivity contribution is -0.120. The van der Waals surface area contributed by atoms with Crippen LogP contribution in [-0.4, -0.2) is 17.8 Å². The summed E-state index contributed by atoms with van der Waals surface area (Å²) in [7, 11) is 0. The van der Waals surface area contributed by atoms with Crippen LogP contribution in [0.3, 0.4) is 0 Å². The van der Waals surface area contributed by atoms with Gasteiger partial charge in [0.1, 0.15) is 0 Å². The van der Waals surface area contributed by atoms with Crippen LogP contribution >= 0.6 is 15.9 Å². The molecule has 1 saturated carbocycles. The number of hydrogen-bond donors (Lipinski definition) is 1. The van der Waals surface area contributed by atoms with Crippen LogP contribution in [0.15, 0.2) is 24.3 Å². The molecule has 2 nitrogen and oxygen atoms in total. The molecule has 0 heterocycles. The predicted molar refractivity (Wildman–Crippen MR) is 82.5 cm³/mol. The van der Waals surface area contributed by atoms with Crippen molar-refractivity contribution in [2.75, 3.05) is 11.9 Å². The van der Waals surface area contributed by atoms with E-state index in [1.54, 1.807) is 0 Å². The molecule has 1 amide bonds. The minimum Gasteiger partial charge on any atom is -0.356 e. The molecule has 19 heavy (non-hydrogen) atoms. The smallest absolute Gasteiger partial charge is 0.224 e. The van der Waals surface area contributed by atoms with Crippen LogP contribution in [-0.2, 0) is 11.2 Å². The summed E-state index contributed by atoms with van der Waals surface area (Å²) in [5.74, 6) is 1.54. The van der Waals surface area contributed by atoms with Gasteiger partial charge in [0, 0.05) is 11.9 Å². The molecule has 0 bridgehead atoms. The molecule has 1 N–H and O–H groups in total. The quantitative estimate of drug-likeness (QED) is 0.826. The monoisotopic (exact) mass is 323 g/mol. The summed E-state index contributed by atoms with van der Waals surface area (Å²) in [6.45, 7) is 2.89. The second-order valence-electron chi connectivity index (χ2n) is 5.51. The van der Waals surface area contributed by atoms with E-state index in [2.05, 4.69) is 34.2 Å². The second kappa shape index (κ2) is 7.09. The van der Waals surface area contributed by atoms with Gasteiger partial charge in [0.15, 0.2) is 0 Å². The SMILES string of the molecule is Cc1ccccc1CC(=O)NCC1CCCC1CBr. The normalized spacial score (nSPS) is 22.4.